The first-order valence-electron chi connectivity index (χ1n) is 7.21. The molecular weight excluding hydrogens is 364 g/mol. The predicted molar refractivity (Wildman–Crippen MR) is 97.4 cm³/mol. The lowest BCUT2D eigenvalue weighted by Crippen LogP contribution is -1.95. The van der Waals surface area contributed by atoms with Crippen LogP contribution in [0.25, 0.3) is 22.6 Å². The number of methoxy groups -OCH3 is 3. The highest BCUT2D eigenvalue weighted by molar-refractivity contribution is 7.11. The van der Waals surface area contributed by atoms with E-state index in [9.17, 15) is 0 Å². The van der Waals surface area contributed by atoms with Gasteiger partial charge in [0.25, 0.3) is 5.89 Å². The van der Waals surface area contributed by atoms with Gasteiger partial charge in [0.1, 0.15) is 5.03 Å². The fourth-order valence-corrected chi connectivity index (χ4v) is 3.12. The van der Waals surface area contributed by atoms with Gasteiger partial charge in [0.15, 0.2) is 11.5 Å². The molecule has 130 valence electrons. The van der Waals surface area contributed by atoms with Gasteiger partial charge in [0.05, 0.1) is 21.3 Å². The molecule has 3 rings (SSSR count). The molecule has 0 bridgehead atoms. The number of rotatable bonds is 6. The van der Waals surface area contributed by atoms with Crippen molar-refractivity contribution in [3.63, 3.8) is 0 Å². The number of benzene rings is 1. The fraction of sp³-hybridized carbons (Fsp3) is 0.176. The van der Waals surface area contributed by atoms with Crippen LogP contribution in [0, 0.1) is 0 Å². The van der Waals surface area contributed by atoms with Crippen molar-refractivity contribution in [1.29, 1.82) is 0 Å². The van der Waals surface area contributed by atoms with Gasteiger partial charge in [-0.15, -0.1) is 21.5 Å². The summed E-state index contributed by atoms with van der Waals surface area (Å²) < 4.78 is 21.7. The van der Waals surface area contributed by atoms with E-state index in [-0.39, 0.29) is 5.89 Å². The van der Waals surface area contributed by atoms with Gasteiger partial charge in [-0.1, -0.05) is 17.7 Å². The number of nitrogens with zero attached hydrogens (tertiary/aromatic N) is 2. The Kier molecular flexibility index (Phi) is 5.25. The second kappa shape index (κ2) is 7.58. The molecule has 2 aromatic heterocycles. The van der Waals surface area contributed by atoms with E-state index < -0.39 is 0 Å². The molecular formula is C17H15ClN2O4S. The molecule has 0 atom stereocenters. The lowest BCUT2D eigenvalue weighted by atomic mass is 10.2. The van der Waals surface area contributed by atoms with Gasteiger partial charge in [0, 0.05) is 10.4 Å². The summed E-state index contributed by atoms with van der Waals surface area (Å²) in [5.41, 5.74) is 0.633. The summed E-state index contributed by atoms with van der Waals surface area (Å²) in [7, 11) is 4.63. The third-order valence-electron chi connectivity index (χ3n) is 3.35. The lowest BCUT2D eigenvalue weighted by Gasteiger charge is -2.12. The van der Waals surface area contributed by atoms with Gasteiger partial charge >= 0.3 is 0 Å². The van der Waals surface area contributed by atoms with Gasteiger partial charge in [-0.3, -0.25) is 0 Å². The molecule has 0 saturated heterocycles. The van der Waals surface area contributed by atoms with E-state index in [1.807, 2.05) is 17.5 Å². The van der Waals surface area contributed by atoms with Gasteiger partial charge < -0.3 is 18.6 Å². The zero-order valence-corrected chi connectivity index (χ0v) is 15.4. The topological polar surface area (TPSA) is 66.6 Å². The highest BCUT2D eigenvalue weighted by Gasteiger charge is 2.18. The summed E-state index contributed by atoms with van der Waals surface area (Å²) in [4.78, 5) is 0.998. The van der Waals surface area contributed by atoms with Crippen molar-refractivity contribution in [2.75, 3.05) is 21.3 Å². The van der Waals surface area contributed by atoms with Crippen LogP contribution in [0.15, 0.2) is 34.1 Å². The number of halogens is 1. The van der Waals surface area contributed by atoms with Crippen LogP contribution in [-0.2, 0) is 0 Å². The Morgan fingerprint density at radius 2 is 1.84 bits per heavy atom. The fourth-order valence-electron chi connectivity index (χ4n) is 2.20. The molecule has 25 heavy (non-hydrogen) atoms. The number of aromatic nitrogens is 2. The first-order valence-corrected chi connectivity index (χ1v) is 8.47. The van der Waals surface area contributed by atoms with Crippen LogP contribution in [0.1, 0.15) is 10.8 Å². The molecule has 8 heteroatoms. The Hall–Kier alpha value is -2.51. The zero-order valence-electron chi connectivity index (χ0n) is 13.8. The van der Waals surface area contributed by atoms with Gasteiger partial charge in [-0.25, -0.2) is 0 Å². The van der Waals surface area contributed by atoms with Crippen LogP contribution >= 0.6 is 22.9 Å². The van der Waals surface area contributed by atoms with E-state index in [4.69, 9.17) is 30.2 Å². The molecule has 0 spiro atoms. The number of thiophene rings is 1. The zero-order chi connectivity index (χ0) is 17.8. The SMILES string of the molecule is COc1cc(-c2nnc(/C(Cl)=C/c3cccs3)o2)cc(OC)c1OC. The summed E-state index contributed by atoms with van der Waals surface area (Å²) in [5.74, 6) is 2.02. The maximum absolute atomic E-state index is 6.27. The van der Waals surface area contributed by atoms with E-state index in [0.29, 0.717) is 33.7 Å². The van der Waals surface area contributed by atoms with E-state index in [1.165, 1.54) is 0 Å². The summed E-state index contributed by atoms with van der Waals surface area (Å²) in [5, 5.41) is 10.4. The smallest absolute Gasteiger partial charge is 0.259 e. The van der Waals surface area contributed by atoms with E-state index in [0.717, 1.165) is 4.88 Å². The monoisotopic (exact) mass is 378 g/mol. The van der Waals surface area contributed by atoms with Crippen LogP contribution in [-0.4, -0.2) is 31.5 Å². The average Bonchev–Trinajstić information content (AvgIpc) is 3.32. The molecule has 0 unspecified atom stereocenters. The predicted octanol–water partition coefficient (Wildman–Crippen LogP) is 4.56. The highest BCUT2D eigenvalue weighted by atomic mass is 35.5. The van der Waals surface area contributed by atoms with Crippen molar-refractivity contribution in [3.05, 3.63) is 40.4 Å². The Labute approximate surface area is 153 Å². The summed E-state index contributed by atoms with van der Waals surface area (Å²) in [6.45, 7) is 0. The van der Waals surface area contributed by atoms with Crippen molar-refractivity contribution < 1.29 is 18.6 Å². The molecule has 3 aromatic rings. The molecule has 0 fully saturated rings. The van der Waals surface area contributed by atoms with Gasteiger partial charge in [-0.2, -0.15) is 0 Å². The van der Waals surface area contributed by atoms with E-state index >= 15 is 0 Å². The second-order valence-electron chi connectivity index (χ2n) is 4.83. The normalized spacial score (nSPS) is 11.4. The van der Waals surface area contributed by atoms with Crippen LogP contribution in [0.2, 0.25) is 0 Å². The van der Waals surface area contributed by atoms with Crippen molar-refractivity contribution in [2.24, 2.45) is 0 Å². The molecule has 0 amide bonds. The van der Waals surface area contributed by atoms with Crippen molar-refractivity contribution in [3.8, 4) is 28.7 Å². The Morgan fingerprint density at radius 3 is 2.40 bits per heavy atom. The minimum absolute atomic E-state index is 0.235. The number of hydrogen-bond acceptors (Lipinski definition) is 7. The Morgan fingerprint density at radius 1 is 1.12 bits per heavy atom. The van der Waals surface area contributed by atoms with Crippen molar-refractivity contribution >= 4 is 34.0 Å². The molecule has 2 heterocycles. The molecule has 1 aromatic carbocycles. The molecule has 0 saturated carbocycles. The van der Waals surface area contributed by atoms with Gasteiger partial charge in [-0.05, 0) is 29.7 Å². The molecule has 0 aliphatic carbocycles. The highest BCUT2D eigenvalue weighted by Crippen LogP contribution is 2.41. The first kappa shape index (κ1) is 17.3. The minimum Gasteiger partial charge on any atom is -0.493 e. The molecule has 0 aliphatic heterocycles. The lowest BCUT2D eigenvalue weighted by molar-refractivity contribution is 0.324. The summed E-state index contributed by atoms with van der Waals surface area (Å²) in [6.07, 6.45) is 1.78. The third-order valence-corrected chi connectivity index (χ3v) is 4.44. The first-order chi connectivity index (χ1) is 12.2. The minimum atomic E-state index is 0.235. The molecule has 0 aliphatic rings. The van der Waals surface area contributed by atoms with E-state index in [1.54, 1.807) is 50.9 Å². The number of ether oxygens (including phenoxy) is 3. The summed E-state index contributed by atoms with van der Waals surface area (Å²) >= 11 is 7.83. The van der Waals surface area contributed by atoms with Crippen LogP contribution in [0.3, 0.4) is 0 Å². The summed E-state index contributed by atoms with van der Waals surface area (Å²) in [6, 6.07) is 7.35. The van der Waals surface area contributed by atoms with Crippen LogP contribution < -0.4 is 14.2 Å². The number of hydrogen-bond donors (Lipinski definition) is 0. The third kappa shape index (κ3) is 3.62. The largest absolute Gasteiger partial charge is 0.493 e. The standard InChI is InChI=1S/C17H15ClN2O4S/c1-21-13-7-10(8-14(22-2)15(13)23-3)16-19-20-17(24-16)12(18)9-11-5-4-6-25-11/h4-9H,1-3H3/b12-9-. The maximum Gasteiger partial charge on any atom is 0.259 e. The van der Waals surface area contributed by atoms with Crippen molar-refractivity contribution in [2.45, 2.75) is 0 Å². The second-order valence-corrected chi connectivity index (χ2v) is 6.22. The molecule has 0 N–H and O–H groups in total. The quantitative estimate of drug-likeness (QED) is 0.626. The maximum atomic E-state index is 6.27. The Bertz CT molecular complexity index is 865. The van der Waals surface area contributed by atoms with Crippen molar-refractivity contribution in [1.82, 2.24) is 10.2 Å². The molecule has 0 radical (unpaired) electrons. The van der Waals surface area contributed by atoms with Gasteiger partial charge in [0.2, 0.25) is 11.6 Å². The average molecular weight is 379 g/mol. The molecule has 6 nitrogen and oxygen atoms in total. The van der Waals surface area contributed by atoms with Crippen LogP contribution in [0.5, 0.6) is 17.2 Å². The van der Waals surface area contributed by atoms with Crippen LogP contribution in [0.4, 0.5) is 0 Å². The van der Waals surface area contributed by atoms with E-state index in [2.05, 4.69) is 10.2 Å². The Balaban J connectivity index is 1.97.